The molecule has 0 bridgehead atoms. The minimum Gasteiger partial charge on any atom is -0.383 e. The number of thioether (sulfide) groups is 1. The molecule has 5 nitrogen and oxygen atoms in total. The monoisotopic (exact) mass is 291 g/mol. The molecule has 0 aliphatic rings. The van der Waals surface area contributed by atoms with E-state index in [1.165, 1.54) is 6.07 Å². The summed E-state index contributed by atoms with van der Waals surface area (Å²) in [5, 5.41) is 16.3. The van der Waals surface area contributed by atoms with E-state index in [1.54, 1.807) is 24.0 Å². The van der Waals surface area contributed by atoms with Gasteiger partial charge in [-0.3, -0.25) is 15.1 Å². The Labute approximate surface area is 121 Å². The molecule has 0 fully saturated rings. The lowest BCUT2D eigenvalue weighted by atomic mass is 10.1. The SMILES string of the molecule is CSC(C)CNc1ccc([N+](=O)[O-])c2cnc(C)cc12. The number of nitro groups is 1. The number of pyridine rings is 1. The Morgan fingerprint density at radius 1 is 1.45 bits per heavy atom. The largest absolute Gasteiger partial charge is 0.383 e. The number of anilines is 1. The molecule has 0 aliphatic heterocycles. The van der Waals surface area contributed by atoms with Crippen LogP contribution in [0, 0.1) is 17.0 Å². The maximum absolute atomic E-state index is 11.1. The first kappa shape index (κ1) is 14.6. The van der Waals surface area contributed by atoms with Crippen molar-refractivity contribution < 1.29 is 4.92 Å². The zero-order chi connectivity index (χ0) is 14.7. The summed E-state index contributed by atoms with van der Waals surface area (Å²) in [7, 11) is 0. The topological polar surface area (TPSA) is 68.1 Å². The van der Waals surface area contributed by atoms with Gasteiger partial charge in [-0.2, -0.15) is 11.8 Å². The van der Waals surface area contributed by atoms with Gasteiger partial charge in [-0.1, -0.05) is 6.92 Å². The highest BCUT2D eigenvalue weighted by Gasteiger charge is 2.15. The molecule has 2 rings (SSSR count). The Kier molecular flexibility index (Phi) is 4.44. The number of benzene rings is 1. The molecule has 1 aromatic heterocycles. The van der Waals surface area contributed by atoms with Crippen LogP contribution in [0.4, 0.5) is 11.4 Å². The number of hydrogen-bond acceptors (Lipinski definition) is 5. The molecule has 1 N–H and O–H groups in total. The van der Waals surface area contributed by atoms with E-state index in [0.717, 1.165) is 23.3 Å². The van der Waals surface area contributed by atoms with E-state index in [2.05, 4.69) is 23.5 Å². The molecular weight excluding hydrogens is 274 g/mol. The van der Waals surface area contributed by atoms with Crippen LogP contribution < -0.4 is 5.32 Å². The highest BCUT2D eigenvalue weighted by Crippen LogP contribution is 2.31. The molecular formula is C14H17N3O2S. The number of rotatable bonds is 5. The molecule has 1 aromatic carbocycles. The Hall–Kier alpha value is -1.82. The van der Waals surface area contributed by atoms with E-state index in [9.17, 15) is 10.1 Å². The lowest BCUT2D eigenvalue weighted by Gasteiger charge is -2.13. The standard InChI is InChI=1S/C14H17N3O2S/c1-9-6-11-12(8-15-9)14(17(18)19)5-4-13(11)16-7-10(2)20-3/h4-6,8,10,16H,7H2,1-3H3. The van der Waals surface area contributed by atoms with Gasteiger partial charge >= 0.3 is 0 Å². The maximum atomic E-state index is 11.1. The molecule has 0 saturated carbocycles. The first-order valence-electron chi connectivity index (χ1n) is 6.33. The highest BCUT2D eigenvalue weighted by molar-refractivity contribution is 7.99. The number of non-ortho nitro benzene ring substituents is 1. The summed E-state index contributed by atoms with van der Waals surface area (Å²) in [5.74, 6) is 0. The smallest absolute Gasteiger partial charge is 0.278 e. The third-order valence-corrected chi connectivity index (χ3v) is 4.17. The average Bonchev–Trinajstić information content (AvgIpc) is 2.43. The van der Waals surface area contributed by atoms with Crippen molar-refractivity contribution in [1.82, 2.24) is 4.98 Å². The van der Waals surface area contributed by atoms with E-state index >= 15 is 0 Å². The van der Waals surface area contributed by atoms with Crippen molar-refractivity contribution in [3.8, 4) is 0 Å². The number of aromatic nitrogens is 1. The van der Waals surface area contributed by atoms with Gasteiger partial charge in [0.25, 0.3) is 5.69 Å². The maximum Gasteiger partial charge on any atom is 0.278 e. The summed E-state index contributed by atoms with van der Waals surface area (Å²) in [5.41, 5.74) is 1.85. The molecule has 2 aromatic rings. The first-order chi connectivity index (χ1) is 9.52. The number of nitrogens with one attached hydrogen (secondary N) is 1. The fraction of sp³-hybridized carbons (Fsp3) is 0.357. The minimum absolute atomic E-state index is 0.0935. The van der Waals surface area contributed by atoms with Crippen molar-refractivity contribution in [2.24, 2.45) is 0 Å². The van der Waals surface area contributed by atoms with E-state index in [4.69, 9.17) is 0 Å². The Morgan fingerprint density at radius 2 is 2.20 bits per heavy atom. The summed E-state index contributed by atoms with van der Waals surface area (Å²) < 4.78 is 0. The lowest BCUT2D eigenvalue weighted by molar-refractivity contribution is -0.383. The van der Waals surface area contributed by atoms with E-state index in [0.29, 0.717) is 10.6 Å². The molecule has 1 heterocycles. The van der Waals surface area contributed by atoms with Crippen molar-refractivity contribution in [1.29, 1.82) is 0 Å². The van der Waals surface area contributed by atoms with Gasteiger partial charge in [0.05, 0.1) is 10.3 Å². The molecule has 1 unspecified atom stereocenters. The average molecular weight is 291 g/mol. The summed E-state index contributed by atoms with van der Waals surface area (Å²) >= 11 is 1.78. The van der Waals surface area contributed by atoms with Crippen LogP contribution in [0.15, 0.2) is 24.4 Å². The molecule has 0 amide bonds. The van der Waals surface area contributed by atoms with E-state index in [-0.39, 0.29) is 10.6 Å². The Balaban J connectivity index is 2.48. The van der Waals surface area contributed by atoms with Gasteiger partial charge in [0.1, 0.15) is 0 Å². The van der Waals surface area contributed by atoms with Gasteiger partial charge in [0.15, 0.2) is 0 Å². The number of nitrogens with zero attached hydrogens (tertiary/aromatic N) is 2. The van der Waals surface area contributed by atoms with Crippen LogP contribution in [0.2, 0.25) is 0 Å². The second-order valence-electron chi connectivity index (χ2n) is 4.69. The van der Waals surface area contributed by atoms with Crippen LogP contribution >= 0.6 is 11.8 Å². The number of fused-ring (bicyclic) bond motifs is 1. The normalized spacial score (nSPS) is 12.3. The van der Waals surface area contributed by atoms with Crippen LogP contribution in [0.3, 0.4) is 0 Å². The number of nitro benzene ring substituents is 1. The zero-order valence-corrected chi connectivity index (χ0v) is 12.5. The molecule has 0 saturated heterocycles. The number of aryl methyl sites for hydroxylation is 1. The highest BCUT2D eigenvalue weighted by atomic mass is 32.2. The van der Waals surface area contributed by atoms with Gasteiger partial charge in [0, 0.05) is 40.8 Å². The fourth-order valence-electron chi connectivity index (χ4n) is 1.98. The van der Waals surface area contributed by atoms with Gasteiger partial charge in [0.2, 0.25) is 0 Å². The molecule has 106 valence electrons. The van der Waals surface area contributed by atoms with Crippen molar-refractivity contribution >= 4 is 33.9 Å². The fourth-order valence-corrected chi connectivity index (χ4v) is 2.23. The molecule has 0 radical (unpaired) electrons. The number of hydrogen-bond donors (Lipinski definition) is 1. The zero-order valence-electron chi connectivity index (χ0n) is 11.7. The minimum atomic E-state index is -0.367. The predicted molar refractivity (Wildman–Crippen MR) is 84.6 cm³/mol. The summed E-state index contributed by atoms with van der Waals surface area (Å²) in [6.45, 7) is 4.83. The summed E-state index contributed by atoms with van der Waals surface area (Å²) in [6.07, 6.45) is 3.64. The van der Waals surface area contributed by atoms with Gasteiger partial charge in [-0.25, -0.2) is 0 Å². The second kappa shape index (κ2) is 6.09. The van der Waals surface area contributed by atoms with Crippen molar-refractivity contribution in [3.05, 3.63) is 40.2 Å². The Morgan fingerprint density at radius 3 is 2.85 bits per heavy atom. The third-order valence-electron chi connectivity index (χ3n) is 3.19. The van der Waals surface area contributed by atoms with Crippen molar-refractivity contribution in [2.75, 3.05) is 18.1 Å². The van der Waals surface area contributed by atoms with Crippen molar-refractivity contribution in [2.45, 2.75) is 19.1 Å². The quantitative estimate of drug-likeness (QED) is 0.673. The molecule has 20 heavy (non-hydrogen) atoms. The molecule has 0 spiro atoms. The van der Waals surface area contributed by atoms with E-state index in [1.807, 2.05) is 13.0 Å². The van der Waals surface area contributed by atoms with Gasteiger partial charge < -0.3 is 5.32 Å². The van der Waals surface area contributed by atoms with Crippen LogP contribution in [-0.4, -0.2) is 28.0 Å². The van der Waals surface area contributed by atoms with Crippen LogP contribution in [0.1, 0.15) is 12.6 Å². The summed E-state index contributed by atoms with van der Waals surface area (Å²) in [6, 6.07) is 5.19. The van der Waals surface area contributed by atoms with Crippen LogP contribution in [-0.2, 0) is 0 Å². The summed E-state index contributed by atoms with van der Waals surface area (Å²) in [4.78, 5) is 14.9. The second-order valence-corrected chi connectivity index (χ2v) is 5.96. The molecule has 1 atom stereocenters. The Bertz CT molecular complexity index is 646. The molecule has 0 aliphatic carbocycles. The van der Waals surface area contributed by atoms with Gasteiger partial charge in [-0.15, -0.1) is 0 Å². The van der Waals surface area contributed by atoms with E-state index < -0.39 is 0 Å². The molecule has 6 heteroatoms. The lowest BCUT2D eigenvalue weighted by Crippen LogP contribution is -2.13. The third kappa shape index (κ3) is 3.01. The van der Waals surface area contributed by atoms with Crippen molar-refractivity contribution in [3.63, 3.8) is 0 Å². The van der Waals surface area contributed by atoms with Crippen LogP contribution in [0.25, 0.3) is 10.8 Å². The first-order valence-corrected chi connectivity index (χ1v) is 7.62. The van der Waals surface area contributed by atoms with Crippen LogP contribution in [0.5, 0.6) is 0 Å². The predicted octanol–water partition coefficient (Wildman–Crippen LogP) is 3.61. The van der Waals surface area contributed by atoms with Gasteiger partial charge in [-0.05, 0) is 25.3 Å².